The van der Waals surface area contributed by atoms with E-state index in [1.165, 1.54) is 57.3 Å². The van der Waals surface area contributed by atoms with Crippen molar-refractivity contribution in [3.8, 4) is 0 Å². The fourth-order valence-electron chi connectivity index (χ4n) is 2.89. The van der Waals surface area contributed by atoms with Gasteiger partial charge in [0.15, 0.2) is 0 Å². The van der Waals surface area contributed by atoms with Crippen molar-refractivity contribution in [2.75, 3.05) is 19.6 Å². The lowest BCUT2D eigenvalue weighted by Gasteiger charge is -2.18. The first-order valence-electron chi connectivity index (χ1n) is 7.76. The fourth-order valence-corrected chi connectivity index (χ4v) is 2.89. The Bertz CT molecular complexity index is 277. The highest BCUT2D eigenvalue weighted by Gasteiger charge is 2.34. The molecule has 2 atom stereocenters. The molecule has 0 spiro atoms. The summed E-state index contributed by atoms with van der Waals surface area (Å²) in [4.78, 5) is 2.71. The quantitative estimate of drug-likeness (QED) is 0.698. The molecule has 2 unspecified atom stereocenters. The summed E-state index contributed by atoms with van der Waals surface area (Å²) in [5.41, 5.74) is 1.44. The molecule has 1 saturated heterocycles. The molecule has 104 valence electrons. The first-order chi connectivity index (χ1) is 8.65. The summed E-state index contributed by atoms with van der Waals surface area (Å²) < 4.78 is 0. The Balaban J connectivity index is 1.55. The Labute approximate surface area is 113 Å². The highest BCUT2D eigenvalue weighted by atomic mass is 15.2. The monoisotopic (exact) mass is 250 g/mol. The van der Waals surface area contributed by atoms with Crippen molar-refractivity contribution in [3.63, 3.8) is 0 Å². The predicted octanol–water partition coefficient (Wildman–Crippen LogP) is 3.20. The van der Waals surface area contributed by atoms with Crippen molar-refractivity contribution in [2.24, 2.45) is 5.92 Å². The van der Waals surface area contributed by atoms with Crippen molar-refractivity contribution in [3.05, 3.63) is 11.6 Å². The second kappa shape index (κ2) is 6.72. The van der Waals surface area contributed by atoms with Gasteiger partial charge in [0.1, 0.15) is 0 Å². The summed E-state index contributed by atoms with van der Waals surface area (Å²) in [6.07, 6.45) is 9.16. The highest BCUT2D eigenvalue weighted by molar-refractivity contribution is 4.93. The number of nitrogens with one attached hydrogen (secondary N) is 1. The summed E-state index contributed by atoms with van der Waals surface area (Å²) in [6.45, 7) is 10.6. The van der Waals surface area contributed by atoms with Crippen LogP contribution in [0.1, 0.15) is 52.9 Å². The smallest absolute Gasteiger partial charge is 0.00965 e. The van der Waals surface area contributed by atoms with Gasteiger partial charge in [-0.1, -0.05) is 11.6 Å². The minimum absolute atomic E-state index is 0.663. The molecule has 0 aromatic heterocycles. The lowest BCUT2D eigenvalue weighted by Crippen LogP contribution is -2.32. The first-order valence-corrected chi connectivity index (χ1v) is 7.76. The zero-order valence-electron chi connectivity index (χ0n) is 12.4. The molecule has 1 saturated carbocycles. The second-order valence-electron chi connectivity index (χ2n) is 6.55. The van der Waals surface area contributed by atoms with E-state index in [9.17, 15) is 0 Å². The van der Waals surface area contributed by atoms with E-state index in [0.29, 0.717) is 6.04 Å². The van der Waals surface area contributed by atoms with Crippen LogP contribution in [-0.4, -0.2) is 36.6 Å². The maximum Gasteiger partial charge on any atom is 0.00965 e. The van der Waals surface area contributed by atoms with Crippen LogP contribution in [0.3, 0.4) is 0 Å². The van der Waals surface area contributed by atoms with E-state index in [1.54, 1.807) is 0 Å². The SMILES string of the molecule is CC(C)=CCCC(C)NCC1CCN(C2CC2)C1. The summed E-state index contributed by atoms with van der Waals surface area (Å²) in [7, 11) is 0. The van der Waals surface area contributed by atoms with Crippen molar-refractivity contribution >= 4 is 0 Å². The van der Waals surface area contributed by atoms with Crippen LogP contribution in [-0.2, 0) is 0 Å². The van der Waals surface area contributed by atoms with Crippen LogP contribution in [0, 0.1) is 5.92 Å². The van der Waals surface area contributed by atoms with Crippen LogP contribution in [0.15, 0.2) is 11.6 Å². The minimum Gasteiger partial charge on any atom is -0.314 e. The number of hydrogen-bond acceptors (Lipinski definition) is 2. The third kappa shape index (κ3) is 4.74. The van der Waals surface area contributed by atoms with Gasteiger partial charge in [0.2, 0.25) is 0 Å². The van der Waals surface area contributed by atoms with E-state index in [1.807, 2.05) is 0 Å². The van der Waals surface area contributed by atoms with Crippen LogP contribution < -0.4 is 5.32 Å². The average molecular weight is 250 g/mol. The van der Waals surface area contributed by atoms with Crippen LogP contribution in [0.2, 0.25) is 0 Å². The lowest BCUT2D eigenvalue weighted by molar-refractivity contribution is 0.309. The molecule has 1 aliphatic heterocycles. The maximum atomic E-state index is 3.72. The Kier molecular flexibility index (Phi) is 5.25. The molecule has 1 heterocycles. The molecule has 1 N–H and O–H groups in total. The third-order valence-electron chi connectivity index (χ3n) is 4.29. The number of rotatable bonds is 7. The molecular formula is C16H30N2. The Morgan fingerprint density at radius 3 is 2.78 bits per heavy atom. The standard InChI is InChI=1S/C16H30N2/c1-13(2)5-4-6-14(3)17-11-15-9-10-18(12-15)16-7-8-16/h5,14-17H,4,6-12H2,1-3H3. The molecule has 2 nitrogen and oxygen atoms in total. The number of hydrogen-bond donors (Lipinski definition) is 1. The molecular weight excluding hydrogens is 220 g/mol. The molecule has 0 radical (unpaired) electrons. The average Bonchev–Trinajstić information content (AvgIpc) is 3.06. The topological polar surface area (TPSA) is 15.3 Å². The van der Waals surface area contributed by atoms with Crippen molar-refractivity contribution in [1.29, 1.82) is 0 Å². The van der Waals surface area contributed by atoms with Gasteiger partial charge in [-0.15, -0.1) is 0 Å². The molecule has 2 aliphatic rings. The molecule has 0 aromatic rings. The summed E-state index contributed by atoms with van der Waals surface area (Å²) in [5.74, 6) is 0.900. The number of nitrogens with zero attached hydrogens (tertiary/aromatic N) is 1. The molecule has 18 heavy (non-hydrogen) atoms. The molecule has 0 aromatic carbocycles. The van der Waals surface area contributed by atoms with Gasteiger partial charge in [0, 0.05) is 18.6 Å². The second-order valence-corrected chi connectivity index (χ2v) is 6.55. The van der Waals surface area contributed by atoms with Crippen LogP contribution in [0.4, 0.5) is 0 Å². The van der Waals surface area contributed by atoms with Crippen molar-refractivity contribution < 1.29 is 0 Å². The van der Waals surface area contributed by atoms with E-state index in [-0.39, 0.29) is 0 Å². The number of allylic oxidation sites excluding steroid dienone is 2. The van der Waals surface area contributed by atoms with Crippen molar-refractivity contribution in [2.45, 2.75) is 65.0 Å². The lowest BCUT2D eigenvalue weighted by atomic mass is 10.1. The van der Waals surface area contributed by atoms with Gasteiger partial charge in [-0.2, -0.15) is 0 Å². The van der Waals surface area contributed by atoms with Gasteiger partial charge in [0.25, 0.3) is 0 Å². The van der Waals surface area contributed by atoms with Crippen LogP contribution >= 0.6 is 0 Å². The Hall–Kier alpha value is -0.340. The minimum atomic E-state index is 0.663. The Morgan fingerprint density at radius 2 is 2.11 bits per heavy atom. The summed E-state index contributed by atoms with van der Waals surface area (Å²) >= 11 is 0. The summed E-state index contributed by atoms with van der Waals surface area (Å²) in [5, 5.41) is 3.72. The molecule has 0 bridgehead atoms. The van der Waals surface area contributed by atoms with Crippen LogP contribution in [0.25, 0.3) is 0 Å². The van der Waals surface area contributed by atoms with Gasteiger partial charge in [-0.05, 0) is 71.9 Å². The van der Waals surface area contributed by atoms with Gasteiger partial charge < -0.3 is 10.2 Å². The molecule has 2 heteroatoms. The molecule has 1 aliphatic carbocycles. The van der Waals surface area contributed by atoms with Crippen LogP contribution in [0.5, 0.6) is 0 Å². The van der Waals surface area contributed by atoms with Gasteiger partial charge in [0.05, 0.1) is 0 Å². The molecule has 2 rings (SSSR count). The van der Waals surface area contributed by atoms with Gasteiger partial charge >= 0.3 is 0 Å². The van der Waals surface area contributed by atoms with Gasteiger partial charge in [-0.25, -0.2) is 0 Å². The molecule has 0 amide bonds. The first kappa shape index (κ1) is 14.1. The maximum absolute atomic E-state index is 3.72. The predicted molar refractivity (Wildman–Crippen MR) is 78.8 cm³/mol. The molecule has 2 fully saturated rings. The van der Waals surface area contributed by atoms with Crippen molar-refractivity contribution in [1.82, 2.24) is 10.2 Å². The third-order valence-corrected chi connectivity index (χ3v) is 4.29. The highest BCUT2D eigenvalue weighted by Crippen LogP contribution is 2.31. The van der Waals surface area contributed by atoms with E-state index < -0.39 is 0 Å². The van der Waals surface area contributed by atoms with Gasteiger partial charge in [-0.3, -0.25) is 0 Å². The van der Waals surface area contributed by atoms with E-state index >= 15 is 0 Å². The van der Waals surface area contributed by atoms with E-state index in [2.05, 4.69) is 37.1 Å². The Morgan fingerprint density at radius 1 is 1.33 bits per heavy atom. The number of likely N-dealkylation sites (tertiary alicyclic amines) is 1. The summed E-state index contributed by atoms with van der Waals surface area (Å²) in [6, 6.07) is 1.63. The zero-order chi connectivity index (χ0) is 13.0. The normalized spacial score (nSPS) is 26.3. The van der Waals surface area contributed by atoms with E-state index in [4.69, 9.17) is 0 Å². The zero-order valence-corrected chi connectivity index (χ0v) is 12.4. The largest absolute Gasteiger partial charge is 0.314 e. The van der Waals surface area contributed by atoms with E-state index in [0.717, 1.165) is 12.0 Å². The fraction of sp³-hybridized carbons (Fsp3) is 0.875.